The molecule has 0 aromatic heterocycles. The van der Waals surface area contributed by atoms with Crippen molar-refractivity contribution in [1.29, 1.82) is 0 Å². The molecule has 3 rings (SSSR count). The normalized spacial score (nSPS) is 15.6. The van der Waals surface area contributed by atoms with Gasteiger partial charge in [-0.1, -0.05) is 31.2 Å². The van der Waals surface area contributed by atoms with Crippen LogP contribution in [0, 0.1) is 0 Å². The van der Waals surface area contributed by atoms with Crippen LogP contribution in [0.3, 0.4) is 0 Å². The number of carbonyl (C=O) groups excluding carboxylic acids is 1. The van der Waals surface area contributed by atoms with Crippen molar-refractivity contribution in [2.24, 2.45) is 0 Å². The molecule has 1 aliphatic rings. The Morgan fingerprint density at radius 1 is 1.25 bits per heavy atom. The van der Waals surface area contributed by atoms with Crippen molar-refractivity contribution in [3.05, 3.63) is 53.1 Å². The van der Waals surface area contributed by atoms with Gasteiger partial charge >= 0.3 is 5.97 Å². The molecular weight excluding hydrogens is 250 g/mol. The molecular formula is C17H17NO2. The molecule has 1 atom stereocenters. The summed E-state index contributed by atoms with van der Waals surface area (Å²) in [6, 6.07) is 12.1. The first-order valence-electron chi connectivity index (χ1n) is 6.70. The third kappa shape index (κ3) is 1.86. The molecule has 102 valence electrons. The lowest BCUT2D eigenvalue weighted by Crippen LogP contribution is -2.07. The van der Waals surface area contributed by atoms with Gasteiger partial charge in [-0.25, -0.2) is 0 Å². The van der Waals surface area contributed by atoms with E-state index in [9.17, 15) is 4.79 Å². The molecule has 0 spiro atoms. The van der Waals surface area contributed by atoms with Crippen LogP contribution in [0.15, 0.2) is 36.4 Å². The first-order chi connectivity index (χ1) is 9.61. The molecule has 0 saturated heterocycles. The van der Waals surface area contributed by atoms with Gasteiger partial charge in [0, 0.05) is 11.6 Å². The van der Waals surface area contributed by atoms with Gasteiger partial charge < -0.3 is 10.5 Å². The first-order valence-corrected chi connectivity index (χ1v) is 6.70. The summed E-state index contributed by atoms with van der Waals surface area (Å²) in [6.45, 7) is 2.16. The standard InChI is InChI=1S/C17H17NO2/c1-10-15-9-12(18)6-7-13(15)14-5-3-4-11(17(10)14)8-16(19)20-2/h3-7,9-10H,8,18H2,1-2H3. The average Bonchev–Trinajstić information content (AvgIpc) is 2.73. The van der Waals surface area contributed by atoms with Crippen LogP contribution < -0.4 is 5.73 Å². The van der Waals surface area contributed by atoms with E-state index < -0.39 is 0 Å². The number of hydrogen-bond donors (Lipinski definition) is 1. The minimum Gasteiger partial charge on any atom is -0.469 e. The minimum atomic E-state index is -0.207. The molecule has 1 aliphatic carbocycles. The van der Waals surface area contributed by atoms with Gasteiger partial charge in [0.2, 0.25) is 0 Å². The quantitative estimate of drug-likeness (QED) is 0.672. The molecule has 2 N–H and O–H groups in total. The van der Waals surface area contributed by atoms with Crippen LogP contribution in [0.25, 0.3) is 11.1 Å². The van der Waals surface area contributed by atoms with E-state index in [1.165, 1.54) is 29.4 Å². The number of nitrogen functional groups attached to an aromatic ring is 1. The number of fused-ring (bicyclic) bond motifs is 3. The van der Waals surface area contributed by atoms with Crippen molar-refractivity contribution < 1.29 is 9.53 Å². The summed E-state index contributed by atoms with van der Waals surface area (Å²) in [7, 11) is 1.42. The number of carbonyl (C=O) groups is 1. The number of rotatable bonds is 2. The minimum absolute atomic E-state index is 0.207. The molecule has 0 saturated carbocycles. The van der Waals surface area contributed by atoms with Crippen molar-refractivity contribution >= 4 is 11.7 Å². The molecule has 2 aromatic carbocycles. The molecule has 2 aromatic rings. The lowest BCUT2D eigenvalue weighted by Gasteiger charge is -2.12. The fourth-order valence-corrected chi connectivity index (χ4v) is 3.08. The summed E-state index contributed by atoms with van der Waals surface area (Å²) in [4.78, 5) is 11.6. The summed E-state index contributed by atoms with van der Waals surface area (Å²) in [5.41, 5.74) is 12.6. The van der Waals surface area contributed by atoms with E-state index in [1.54, 1.807) is 0 Å². The number of hydrogen-bond acceptors (Lipinski definition) is 3. The maximum Gasteiger partial charge on any atom is 0.309 e. The number of esters is 1. The van der Waals surface area contributed by atoms with Gasteiger partial charge in [0.05, 0.1) is 13.5 Å². The van der Waals surface area contributed by atoms with Crippen LogP contribution in [-0.4, -0.2) is 13.1 Å². The fourth-order valence-electron chi connectivity index (χ4n) is 3.08. The van der Waals surface area contributed by atoms with Gasteiger partial charge in [-0.15, -0.1) is 0 Å². The van der Waals surface area contributed by atoms with E-state index in [1.807, 2.05) is 24.3 Å². The zero-order chi connectivity index (χ0) is 14.3. The Morgan fingerprint density at radius 2 is 2.05 bits per heavy atom. The lowest BCUT2D eigenvalue weighted by molar-refractivity contribution is -0.139. The van der Waals surface area contributed by atoms with Crippen LogP contribution in [-0.2, 0) is 16.0 Å². The fraction of sp³-hybridized carbons (Fsp3) is 0.235. The maximum absolute atomic E-state index is 11.6. The highest BCUT2D eigenvalue weighted by Gasteiger charge is 2.28. The van der Waals surface area contributed by atoms with Crippen LogP contribution in [0.5, 0.6) is 0 Å². The summed E-state index contributed by atoms with van der Waals surface area (Å²) in [5.74, 6) is 0.0467. The first kappa shape index (κ1) is 12.7. The predicted octanol–water partition coefficient (Wildman–Crippen LogP) is 3.12. The van der Waals surface area contributed by atoms with Gasteiger partial charge in [-0.05, 0) is 39.9 Å². The number of ether oxygens (including phenoxy) is 1. The molecule has 3 nitrogen and oxygen atoms in total. The molecule has 0 fully saturated rings. The Hall–Kier alpha value is -2.29. The highest BCUT2D eigenvalue weighted by atomic mass is 16.5. The summed E-state index contributed by atoms with van der Waals surface area (Å²) < 4.78 is 4.79. The summed E-state index contributed by atoms with van der Waals surface area (Å²) in [6.07, 6.45) is 0.313. The van der Waals surface area contributed by atoms with Crippen molar-refractivity contribution in [3.63, 3.8) is 0 Å². The van der Waals surface area contributed by atoms with Crippen LogP contribution >= 0.6 is 0 Å². The zero-order valence-electron chi connectivity index (χ0n) is 11.6. The SMILES string of the molecule is COC(=O)Cc1cccc2c1C(C)c1cc(N)ccc1-2. The van der Waals surface area contributed by atoms with Gasteiger partial charge in [0.15, 0.2) is 0 Å². The van der Waals surface area contributed by atoms with E-state index in [0.29, 0.717) is 6.42 Å². The van der Waals surface area contributed by atoms with Gasteiger partial charge in [-0.3, -0.25) is 4.79 Å². The zero-order valence-corrected chi connectivity index (χ0v) is 11.6. The Balaban J connectivity index is 2.13. The molecule has 20 heavy (non-hydrogen) atoms. The predicted molar refractivity (Wildman–Crippen MR) is 79.5 cm³/mol. The van der Waals surface area contributed by atoms with E-state index in [4.69, 9.17) is 10.5 Å². The second-order valence-corrected chi connectivity index (χ2v) is 5.20. The maximum atomic E-state index is 11.6. The monoisotopic (exact) mass is 267 g/mol. The molecule has 0 amide bonds. The van der Waals surface area contributed by atoms with Gasteiger partial charge in [0.1, 0.15) is 0 Å². The topological polar surface area (TPSA) is 52.3 Å². The smallest absolute Gasteiger partial charge is 0.309 e. The third-order valence-corrected chi connectivity index (χ3v) is 4.02. The molecule has 0 bridgehead atoms. The van der Waals surface area contributed by atoms with E-state index >= 15 is 0 Å². The molecule has 0 radical (unpaired) electrons. The summed E-state index contributed by atoms with van der Waals surface area (Å²) in [5, 5.41) is 0. The van der Waals surface area contributed by atoms with Crippen LogP contribution in [0.4, 0.5) is 5.69 Å². The largest absolute Gasteiger partial charge is 0.469 e. The second-order valence-electron chi connectivity index (χ2n) is 5.20. The molecule has 3 heteroatoms. The van der Waals surface area contributed by atoms with E-state index in [0.717, 1.165) is 11.3 Å². The Morgan fingerprint density at radius 3 is 2.80 bits per heavy atom. The van der Waals surface area contributed by atoms with E-state index in [-0.39, 0.29) is 11.9 Å². The van der Waals surface area contributed by atoms with Crippen molar-refractivity contribution in [2.45, 2.75) is 19.3 Å². The second kappa shape index (κ2) is 4.67. The van der Waals surface area contributed by atoms with Crippen LogP contribution in [0.2, 0.25) is 0 Å². The average molecular weight is 267 g/mol. The number of anilines is 1. The highest BCUT2D eigenvalue weighted by Crippen LogP contribution is 2.46. The summed E-state index contributed by atoms with van der Waals surface area (Å²) >= 11 is 0. The third-order valence-electron chi connectivity index (χ3n) is 4.02. The molecule has 0 heterocycles. The number of benzene rings is 2. The highest BCUT2D eigenvalue weighted by molar-refractivity contribution is 5.83. The van der Waals surface area contributed by atoms with Gasteiger partial charge in [0.25, 0.3) is 0 Å². The molecule has 0 aliphatic heterocycles. The number of nitrogens with two attached hydrogens (primary N) is 1. The van der Waals surface area contributed by atoms with Crippen molar-refractivity contribution in [3.8, 4) is 11.1 Å². The molecule has 1 unspecified atom stereocenters. The Kier molecular flexibility index (Phi) is 2.97. The lowest BCUT2D eigenvalue weighted by atomic mass is 9.93. The Bertz CT molecular complexity index is 691. The van der Waals surface area contributed by atoms with Gasteiger partial charge in [-0.2, -0.15) is 0 Å². The van der Waals surface area contributed by atoms with Crippen molar-refractivity contribution in [1.82, 2.24) is 0 Å². The van der Waals surface area contributed by atoms with Crippen LogP contribution in [0.1, 0.15) is 29.5 Å². The Labute approximate surface area is 118 Å². The van der Waals surface area contributed by atoms with Crippen molar-refractivity contribution in [2.75, 3.05) is 12.8 Å². The van der Waals surface area contributed by atoms with E-state index in [2.05, 4.69) is 19.1 Å². The number of methoxy groups -OCH3 is 1.